The molecule has 20 heavy (non-hydrogen) atoms. The molecule has 0 spiro atoms. The summed E-state index contributed by atoms with van der Waals surface area (Å²) in [5.41, 5.74) is -0.459. The minimum Gasteiger partial charge on any atom is -0.351 e. The lowest BCUT2D eigenvalue weighted by atomic mass is 9.92. The van der Waals surface area contributed by atoms with Crippen LogP contribution in [0.3, 0.4) is 0 Å². The summed E-state index contributed by atoms with van der Waals surface area (Å²) in [6.45, 7) is 11.4. The average molecular weight is 285 g/mol. The Kier molecular flexibility index (Phi) is 6.68. The lowest BCUT2D eigenvalue weighted by Crippen LogP contribution is -2.44. The third-order valence-corrected chi connectivity index (χ3v) is 2.10. The molecule has 0 bridgehead atoms. The monoisotopic (exact) mass is 285 g/mol. The van der Waals surface area contributed by atoms with Crippen LogP contribution in [-0.4, -0.2) is 29.9 Å². The van der Waals surface area contributed by atoms with Gasteiger partial charge >= 0.3 is 0 Å². The van der Waals surface area contributed by atoms with Gasteiger partial charge in [0.1, 0.15) is 6.42 Å². The van der Waals surface area contributed by atoms with Gasteiger partial charge in [-0.3, -0.25) is 14.4 Å². The van der Waals surface area contributed by atoms with E-state index in [9.17, 15) is 14.4 Å². The van der Waals surface area contributed by atoms with E-state index in [1.165, 1.54) is 0 Å². The molecule has 0 saturated carbocycles. The highest BCUT2D eigenvalue weighted by Crippen LogP contribution is 2.17. The van der Waals surface area contributed by atoms with Gasteiger partial charge in [-0.1, -0.05) is 20.8 Å². The van der Waals surface area contributed by atoms with Crippen LogP contribution in [0.15, 0.2) is 0 Å². The predicted molar refractivity (Wildman–Crippen MR) is 77.7 cm³/mol. The molecule has 116 valence electrons. The van der Waals surface area contributed by atoms with Crippen LogP contribution in [0.1, 0.15) is 54.4 Å². The Hall–Kier alpha value is -1.59. The Labute approximate surface area is 121 Å². The standard InChI is InChI=1S/C14H27N3O3/c1-13(2,3)8-12(20)16-9-15-10(18)7-11(19)17-14(4,5)6/h7-9H2,1-6H3,(H,15,18)(H,16,20)(H,17,19). The smallest absolute Gasteiger partial charge is 0.230 e. The quantitative estimate of drug-likeness (QED) is 0.518. The molecule has 0 aromatic heterocycles. The number of carbonyl (C=O) groups excluding carboxylic acids is 3. The summed E-state index contributed by atoms with van der Waals surface area (Å²) >= 11 is 0. The number of hydrogen-bond acceptors (Lipinski definition) is 3. The van der Waals surface area contributed by atoms with Crippen molar-refractivity contribution < 1.29 is 14.4 Å². The number of carbonyl (C=O) groups is 3. The number of hydrogen-bond donors (Lipinski definition) is 3. The third-order valence-electron chi connectivity index (χ3n) is 2.10. The Morgan fingerprint density at radius 2 is 1.30 bits per heavy atom. The molecule has 0 radical (unpaired) electrons. The summed E-state index contributed by atoms with van der Waals surface area (Å²) in [6, 6.07) is 0. The molecule has 6 nitrogen and oxygen atoms in total. The molecule has 3 amide bonds. The van der Waals surface area contributed by atoms with E-state index >= 15 is 0 Å². The van der Waals surface area contributed by atoms with Gasteiger partial charge in [-0.05, 0) is 26.2 Å². The third kappa shape index (κ3) is 11.5. The lowest BCUT2D eigenvalue weighted by molar-refractivity contribution is -0.130. The molecule has 3 N–H and O–H groups in total. The van der Waals surface area contributed by atoms with Crippen molar-refractivity contribution >= 4 is 17.7 Å². The zero-order valence-corrected chi connectivity index (χ0v) is 13.3. The summed E-state index contributed by atoms with van der Waals surface area (Å²) in [4.78, 5) is 34.5. The molecule has 0 aliphatic rings. The lowest BCUT2D eigenvalue weighted by Gasteiger charge is -2.20. The van der Waals surface area contributed by atoms with Crippen molar-refractivity contribution in [3.63, 3.8) is 0 Å². The Bertz CT molecular complexity index is 365. The van der Waals surface area contributed by atoms with E-state index in [0.717, 1.165) is 0 Å². The van der Waals surface area contributed by atoms with Gasteiger partial charge < -0.3 is 16.0 Å². The molecule has 0 aliphatic heterocycles. The van der Waals surface area contributed by atoms with Crippen molar-refractivity contribution in [1.29, 1.82) is 0 Å². The molecule has 0 unspecified atom stereocenters. The molecule has 0 heterocycles. The molecule has 0 atom stereocenters. The maximum Gasteiger partial charge on any atom is 0.230 e. The molecule has 6 heteroatoms. The van der Waals surface area contributed by atoms with Gasteiger partial charge in [-0.2, -0.15) is 0 Å². The predicted octanol–water partition coefficient (Wildman–Crippen LogP) is 0.917. The van der Waals surface area contributed by atoms with E-state index in [1.54, 1.807) is 0 Å². The molecule has 0 saturated heterocycles. The fraction of sp³-hybridized carbons (Fsp3) is 0.786. The Morgan fingerprint density at radius 3 is 1.75 bits per heavy atom. The van der Waals surface area contributed by atoms with Gasteiger partial charge in [0.2, 0.25) is 17.7 Å². The Morgan fingerprint density at radius 1 is 0.800 bits per heavy atom. The zero-order chi connectivity index (χ0) is 16.0. The topological polar surface area (TPSA) is 87.3 Å². The second-order valence-electron chi connectivity index (χ2n) is 7.09. The Balaban J connectivity index is 3.90. The molecule has 0 aromatic carbocycles. The number of rotatable bonds is 5. The van der Waals surface area contributed by atoms with Crippen LogP contribution >= 0.6 is 0 Å². The maximum atomic E-state index is 11.5. The zero-order valence-electron chi connectivity index (χ0n) is 13.3. The van der Waals surface area contributed by atoms with Crippen molar-refractivity contribution in [3.05, 3.63) is 0 Å². The van der Waals surface area contributed by atoms with Crippen molar-refractivity contribution in [2.24, 2.45) is 5.41 Å². The maximum absolute atomic E-state index is 11.5. The van der Waals surface area contributed by atoms with E-state index in [1.807, 2.05) is 41.5 Å². The molecule has 0 aliphatic carbocycles. The van der Waals surface area contributed by atoms with Crippen LogP contribution in [-0.2, 0) is 14.4 Å². The SMILES string of the molecule is CC(C)(C)CC(=O)NCNC(=O)CC(=O)NC(C)(C)C. The normalized spacial score (nSPS) is 11.7. The van der Waals surface area contributed by atoms with Crippen molar-refractivity contribution in [2.75, 3.05) is 6.67 Å². The van der Waals surface area contributed by atoms with E-state index < -0.39 is 5.91 Å². The van der Waals surface area contributed by atoms with E-state index in [4.69, 9.17) is 0 Å². The van der Waals surface area contributed by atoms with Crippen LogP contribution < -0.4 is 16.0 Å². The molecule has 0 rings (SSSR count). The first-order valence-corrected chi connectivity index (χ1v) is 6.73. The van der Waals surface area contributed by atoms with E-state index in [0.29, 0.717) is 6.42 Å². The molecular formula is C14H27N3O3. The number of amides is 3. The van der Waals surface area contributed by atoms with Gasteiger partial charge in [0, 0.05) is 12.0 Å². The van der Waals surface area contributed by atoms with Gasteiger partial charge in [0.15, 0.2) is 0 Å². The fourth-order valence-electron chi connectivity index (χ4n) is 1.46. The second kappa shape index (κ2) is 7.26. The summed E-state index contributed by atoms with van der Waals surface area (Å²) < 4.78 is 0. The van der Waals surface area contributed by atoms with Crippen molar-refractivity contribution in [1.82, 2.24) is 16.0 Å². The highest BCUT2D eigenvalue weighted by Gasteiger charge is 2.17. The first-order valence-electron chi connectivity index (χ1n) is 6.73. The first-order chi connectivity index (χ1) is 8.89. The molecule has 0 aromatic rings. The summed E-state index contributed by atoms with van der Waals surface area (Å²) in [5, 5.41) is 7.77. The minimum absolute atomic E-state index is 0.0382. The van der Waals surface area contributed by atoms with Gasteiger partial charge in [-0.25, -0.2) is 0 Å². The highest BCUT2D eigenvalue weighted by atomic mass is 16.2. The van der Waals surface area contributed by atoms with Crippen LogP contribution in [0.4, 0.5) is 0 Å². The van der Waals surface area contributed by atoms with Crippen LogP contribution in [0.25, 0.3) is 0 Å². The summed E-state index contributed by atoms with van der Waals surface area (Å²) in [5.74, 6) is -0.879. The van der Waals surface area contributed by atoms with E-state index in [-0.39, 0.29) is 35.9 Å². The largest absolute Gasteiger partial charge is 0.351 e. The molecule has 0 fully saturated rings. The molecular weight excluding hydrogens is 258 g/mol. The van der Waals surface area contributed by atoms with Crippen LogP contribution in [0, 0.1) is 5.41 Å². The second-order valence-corrected chi connectivity index (χ2v) is 7.09. The van der Waals surface area contributed by atoms with Crippen LogP contribution in [0.2, 0.25) is 0 Å². The van der Waals surface area contributed by atoms with Crippen LogP contribution in [0.5, 0.6) is 0 Å². The van der Waals surface area contributed by atoms with E-state index in [2.05, 4.69) is 16.0 Å². The average Bonchev–Trinajstić information content (AvgIpc) is 2.10. The summed E-state index contributed by atoms with van der Waals surface area (Å²) in [6.07, 6.45) is 0.139. The van der Waals surface area contributed by atoms with Crippen molar-refractivity contribution in [3.8, 4) is 0 Å². The van der Waals surface area contributed by atoms with Gasteiger partial charge in [0.25, 0.3) is 0 Å². The van der Waals surface area contributed by atoms with Gasteiger partial charge in [0.05, 0.1) is 6.67 Å². The van der Waals surface area contributed by atoms with Gasteiger partial charge in [-0.15, -0.1) is 0 Å². The fourth-order valence-corrected chi connectivity index (χ4v) is 1.46. The minimum atomic E-state index is -0.414. The first kappa shape index (κ1) is 18.4. The highest BCUT2D eigenvalue weighted by molar-refractivity contribution is 5.97. The number of nitrogens with one attached hydrogen (secondary N) is 3. The van der Waals surface area contributed by atoms with Crippen molar-refractivity contribution in [2.45, 2.75) is 59.9 Å². The summed E-state index contributed by atoms with van der Waals surface area (Å²) in [7, 11) is 0.